The lowest BCUT2D eigenvalue weighted by Gasteiger charge is -2.15. The molecular formula is C13H15F2NO3. The number of rotatable bonds is 5. The number of carboxylic acid groups (broad SMARTS) is 1. The average Bonchev–Trinajstić information content (AvgIpc) is 2.38. The molecule has 0 radical (unpaired) electrons. The van der Waals surface area contributed by atoms with Crippen LogP contribution in [0.5, 0.6) is 0 Å². The van der Waals surface area contributed by atoms with Crippen LogP contribution in [0.1, 0.15) is 35.3 Å². The Labute approximate surface area is 109 Å². The van der Waals surface area contributed by atoms with Crippen molar-refractivity contribution in [2.45, 2.75) is 27.2 Å². The molecule has 1 rings (SSSR count). The molecule has 0 aromatic heterocycles. The van der Waals surface area contributed by atoms with Gasteiger partial charge in [-0.1, -0.05) is 13.8 Å². The van der Waals surface area contributed by atoms with E-state index in [1.165, 1.54) is 0 Å². The molecule has 0 saturated carbocycles. The zero-order valence-electron chi connectivity index (χ0n) is 10.7. The highest BCUT2D eigenvalue weighted by atomic mass is 19.1. The lowest BCUT2D eigenvalue weighted by molar-refractivity contribution is -0.118. The number of amides is 1. The van der Waals surface area contributed by atoms with E-state index < -0.39 is 19.3 Å². The summed E-state index contributed by atoms with van der Waals surface area (Å²) in [4.78, 5) is 22.4. The third kappa shape index (κ3) is 3.49. The van der Waals surface area contributed by atoms with Gasteiger partial charge in [-0.05, 0) is 12.1 Å². The SMILES string of the molecule is CC(C)C(=O)Nc1c(CF)cc(C(=O)O)cc1CF. The molecule has 0 atom stereocenters. The maximum atomic E-state index is 12.9. The van der Waals surface area contributed by atoms with E-state index in [2.05, 4.69) is 5.32 Å². The fourth-order valence-electron chi connectivity index (χ4n) is 1.53. The first-order chi connectivity index (χ1) is 8.90. The molecule has 1 amide bonds. The molecule has 0 spiro atoms. The molecule has 1 aromatic carbocycles. The Bertz CT molecular complexity index is 476. The van der Waals surface area contributed by atoms with Crippen LogP contribution in [0.25, 0.3) is 0 Å². The highest BCUT2D eigenvalue weighted by Gasteiger charge is 2.17. The quantitative estimate of drug-likeness (QED) is 0.865. The minimum Gasteiger partial charge on any atom is -0.478 e. The number of hydrogen-bond donors (Lipinski definition) is 2. The van der Waals surface area contributed by atoms with Crippen molar-refractivity contribution in [2.75, 3.05) is 5.32 Å². The molecule has 2 N–H and O–H groups in total. The van der Waals surface area contributed by atoms with Gasteiger partial charge in [-0.15, -0.1) is 0 Å². The van der Waals surface area contributed by atoms with Crippen LogP contribution < -0.4 is 5.32 Å². The summed E-state index contributed by atoms with van der Waals surface area (Å²) in [6.45, 7) is 1.32. The molecule has 19 heavy (non-hydrogen) atoms. The maximum Gasteiger partial charge on any atom is 0.335 e. The van der Waals surface area contributed by atoms with E-state index in [9.17, 15) is 18.4 Å². The van der Waals surface area contributed by atoms with Crippen LogP contribution in [0.3, 0.4) is 0 Å². The first kappa shape index (κ1) is 15.1. The average molecular weight is 271 g/mol. The van der Waals surface area contributed by atoms with Gasteiger partial charge in [-0.2, -0.15) is 0 Å². The van der Waals surface area contributed by atoms with Crippen molar-refractivity contribution in [3.63, 3.8) is 0 Å². The number of aromatic carboxylic acids is 1. The molecule has 6 heteroatoms. The molecule has 0 aliphatic carbocycles. The standard InChI is InChI=1S/C13H15F2NO3/c1-7(2)12(17)16-11-9(5-14)3-8(13(18)19)4-10(11)6-15/h3-4,7H,5-6H2,1-2H3,(H,16,17)(H,18,19). The Balaban J connectivity index is 3.28. The minimum atomic E-state index is -1.27. The van der Waals surface area contributed by atoms with E-state index in [1.807, 2.05) is 0 Å². The molecule has 0 aliphatic rings. The van der Waals surface area contributed by atoms with Gasteiger partial charge in [0.15, 0.2) is 0 Å². The topological polar surface area (TPSA) is 66.4 Å². The van der Waals surface area contributed by atoms with Crippen LogP contribution in [0, 0.1) is 5.92 Å². The predicted molar refractivity (Wildman–Crippen MR) is 66.5 cm³/mol. The molecule has 104 valence electrons. The van der Waals surface area contributed by atoms with Crippen molar-refractivity contribution in [3.8, 4) is 0 Å². The van der Waals surface area contributed by atoms with Crippen molar-refractivity contribution in [2.24, 2.45) is 5.92 Å². The first-order valence-corrected chi connectivity index (χ1v) is 5.72. The molecule has 0 bridgehead atoms. The Morgan fingerprint density at radius 3 is 2.00 bits per heavy atom. The summed E-state index contributed by atoms with van der Waals surface area (Å²) in [5, 5.41) is 11.3. The number of hydrogen-bond acceptors (Lipinski definition) is 2. The number of anilines is 1. The molecule has 0 saturated heterocycles. The normalized spacial score (nSPS) is 10.6. The third-order valence-corrected chi connectivity index (χ3v) is 2.61. The monoisotopic (exact) mass is 271 g/mol. The molecular weight excluding hydrogens is 256 g/mol. The number of carbonyl (C=O) groups excluding carboxylic acids is 1. The van der Waals surface area contributed by atoms with Gasteiger partial charge in [0.2, 0.25) is 5.91 Å². The first-order valence-electron chi connectivity index (χ1n) is 5.72. The number of nitrogens with one attached hydrogen (secondary N) is 1. The van der Waals surface area contributed by atoms with Crippen molar-refractivity contribution < 1.29 is 23.5 Å². The maximum absolute atomic E-state index is 12.9. The number of carboxylic acids is 1. The van der Waals surface area contributed by atoms with E-state index in [0.717, 1.165) is 12.1 Å². The molecule has 0 unspecified atom stereocenters. The van der Waals surface area contributed by atoms with E-state index in [1.54, 1.807) is 13.8 Å². The zero-order valence-corrected chi connectivity index (χ0v) is 10.7. The smallest absolute Gasteiger partial charge is 0.335 e. The summed E-state index contributed by atoms with van der Waals surface area (Å²) in [7, 11) is 0. The largest absolute Gasteiger partial charge is 0.478 e. The van der Waals surface area contributed by atoms with E-state index in [4.69, 9.17) is 5.11 Å². The number of carbonyl (C=O) groups is 2. The molecule has 0 heterocycles. The van der Waals surface area contributed by atoms with Gasteiger partial charge < -0.3 is 10.4 Å². The van der Waals surface area contributed by atoms with E-state index >= 15 is 0 Å². The lowest BCUT2D eigenvalue weighted by Crippen LogP contribution is -2.20. The molecule has 4 nitrogen and oxygen atoms in total. The summed E-state index contributed by atoms with van der Waals surface area (Å²) in [6, 6.07) is 2.19. The van der Waals surface area contributed by atoms with Crippen LogP contribution in [-0.2, 0) is 18.1 Å². The van der Waals surface area contributed by atoms with Gasteiger partial charge in [0.05, 0.1) is 11.3 Å². The van der Waals surface area contributed by atoms with Crippen LogP contribution in [0.2, 0.25) is 0 Å². The second-order valence-electron chi connectivity index (χ2n) is 4.39. The number of benzene rings is 1. The van der Waals surface area contributed by atoms with E-state index in [-0.39, 0.29) is 34.2 Å². The van der Waals surface area contributed by atoms with Gasteiger partial charge in [0.1, 0.15) is 13.3 Å². The molecule has 0 aliphatic heterocycles. The Hall–Kier alpha value is -1.98. The summed E-state index contributed by atoms with van der Waals surface area (Å²) in [6.07, 6.45) is 0. The Morgan fingerprint density at radius 2 is 1.68 bits per heavy atom. The van der Waals surface area contributed by atoms with Crippen molar-refractivity contribution in [1.82, 2.24) is 0 Å². The number of halogens is 2. The highest BCUT2D eigenvalue weighted by Crippen LogP contribution is 2.26. The van der Waals surface area contributed by atoms with Gasteiger partial charge in [-0.25, -0.2) is 13.6 Å². The summed E-state index contributed by atoms with van der Waals surface area (Å²) >= 11 is 0. The van der Waals surface area contributed by atoms with Gasteiger partial charge in [0.25, 0.3) is 0 Å². The highest BCUT2D eigenvalue weighted by molar-refractivity contribution is 5.95. The van der Waals surface area contributed by atoms with Gasteiger partial charge >= 0.3 is 5.97 Å². The van der Waals surface area contributed by atoms with Crippen LogP contribution in [0.15, 0.2) is 12.1 Å². The van der Waals surface area contributed by atoms with Crippen molar-refractivity contribution >= 4 is 17.6 Å². The molecule has 1 aromatic rings. The van der Waals surface area contributed by atoms with Crippen molar-refractivity contribution in [3.05, 3.63) is 28.8 Å². The van der Waals surface area contributed by atoms with Crippen molar-refractivity contribution in [1.29, 1.82) is 0 Å². The van der Waals surface area contributed by atoms with E-state index in [0.29, 0.717) is 0 Å². The van der Waals surface area contributed by atoms with Gasteiger partial charge in [0, 0.05) is 17.0 Å². The second-order valence-corrected chi connectivity index (χ2v) is 4.39. The number of alkyl halides is 2. The Morgan fingerprint density at radius 1 is 1.21 bits per heavy atom. The van der Waals surface area contributed by atoms with Crippen LogP contribution >= 0.6 is 0 Å². The summed E-state index contributed by atoms with van der Waals surface area (Å²) in [5.74, 6) is -2.00. The summed E-state index contributed by atoms with van der Waals surface area (Å²) in [5.41, 5.74) is -0.264. The van der Waals surface area contributed by atoms with Gasteiger partial charge in [-0.3, -0.25) is 4.79 Å². The second kappa shape index (κ2) is 6.26. The third-order valence-electron chi connectivity index (χ3n) is 2.61. The Kier molecular flexibility index (Phi) is 4.97. The van der Waals surface area contributed by atoms with Crippen LogP contribution in [0.4, 0.5) is 14.5 Å². The predicted octanol–water partition coefficient (Wildman–Crippen LogP) is 2.92. The lowest BCUT2D eigenvalue weighted by atomic mass is 10.0. The van der Waals surface area contributed by atoms with Crippen LogP contribution in [-0.4, -0.2) is 17.0 Å². The summed E-state index contributed by atoms with van der Waals surface area (Å²) < 4.78 is 25.9. The fraction of sp³-hybridized carbons (Fsp3) is 0.385. The zero-order chi connectivity index (χ0) is 14.6. The molecule has 0 fully saturated rings. The fourth-order valence-corrected chi connectivity index (χ4v) is 1.53. The minimum absolute atomic E-state index is 0.0219.